The molecule has 0 aromatic heterocycles. The molecular weight excluding hydrogens is 420 g/mol. The second kappa shape index (κ2) is 9.93. The first kappa shape index (κ1) is 22.0. The Kier molecular flexibility index (Phi) is 7.04. The Hall–Kier alpha value is -2.23. The monoisotopic (exact) mass is 444 g/mol. The van der Waals surface area contributed by atoms with Gasteiger partial charge in [0.1, 0.15) is 12.2 Å². The number of rotatable bonds is 5. The van der Waals surface area contributed by atoms with E-state index in [1.54, 1.807) is 24.3 Å². The van der Waals surface area contributed by atoms with E-state index in [0.29, 0.717) is 5.56 Å². The molecule has 0 N–H and O–H groups in total. The Morgan fingerprint density at radius 2 is 1.68 bits per heavy atom. The van der Waals surface area contributed by atoms with Gasteiger partial charge in [-0.2, -0.15) is 0 Å². The molecule has 2 aliphatic heterocycles. The molecule has 2 aromatic carbocycles. The molecule has 8 heteroatoms. The van der Waals surface area contributed by atoms with Crippen LogP contribution in [-0.4, -0.2) is 54.7 Å². The Morgan fingerprint density at radius 1 is 1.00 bits per heavy atom. The Bertz CT molecular complexity index is 891. The zero-order valence-electron chi connectivity index (χ0n) is 17.2. The zero-order valence-corrected chi connectivity index (χ0v) is 18.0. The van der Waals surface area contributed by atoms with E-state index < -0.39 is 42.1 Å². The normalized spacial score (nSPS) is 30.3. The largest absolute Gasteiger partial charge is 0.452 e. The summed E-state index contributed by atoms with van der Waals surface area (Å²) in [5.74, 6) is -0.518. The number of fused-ring (bicyclic) bond motifs is 1. The molecule has 0 unspecified atom stereocenters. The van der Waals surface area contributed by atoms with Crippen molar-refractivity contribution in [2.75, 3.05) is 13.7 Å². The maximum absolute atomic E-state index is 12.8. The van der Waals surface area contributed by atoms with Crippen LogP contribution < -0.4 is 0 Å². The average Bonchev–Trinajstić information content (AvgIpc) is 2.80. The molecule has 31 heavy (non-hydrogen) atoms. The number of hydrogen-bond donors (Lipinski definition) is 0. The van der Waals surface area contributed by atoms with Gasteiger partial charge in [-0.3, -0.25) is 4.79 Å². The maximum Gasteiger partial charge on any atom is 0.338 e. The lowest BCUT2D eigenvalue weighted by Gasteiger charge is -2.48. The summed E-state index contributed by atoms with van der Waals surface area (Å²) in [7, 11) is 1.47. The van der Waals surface area contributed by atoms with Crippen LogP contribution in [0.2, 0.25) is 0 Å². The summed E-state index contributed by atoms with van der Waals surface area (Å²) in [5.41, 5.74) is 1.26. The molecule has 0 radical (unpaired) electrons. The highest BCUT2D eigenvalue weighted by Crippen LogP contribution is 2.40. The van der Waals surface area contributed by atoms with Gasteiger partial charge in [-0.05, 0) is 12.1 Å². The quantitative estimate of drug-likeness (QED) is 0.650. The number of benzene rings is 2. The lowest BCUT2D eigenvalue weighted by Crippen LogP contribution is -2.62. The number of ether oxygens (including phenoxy) is 5. The fraction of sp³-hybridized carbons (Fsp3) is 0.391. The highest BCUT2D eigenvalue weighted by Gasteiger charge is 2.52. The second-order valence-electron chi connectivity index (χ2n) is 7.27. The predicted octanol–water partition coefficient (Wildman–Crippen LogP) is 3.35. The minimum absolute atomic E-state index is 0.118. The number of thioether (sulfide) groups is 1. The third-order valence-corrected chi connectivity index (χ3v) is 6.28. The van der Waals surface area contributed by atoms with Gasteiger partial charge in [0.15, 0.2) is 23.8 Å². The van der Waals surface area contributed by atoms with E-state index in [0.717, 1.165) is 17.3 Å². The van der Waals surface area contributed by atoms with E-state index in [2.05, 4.69) is 0 Å². The van der Waals surface area contributed by atoms with Gasteiger partial charge in [-0.1, -0.05) is 60.3 Å². The van der Waals surface area contributed by atoms with Gasteiger partial charge >= 0.3 is 5.97 Å². The molecule has 4 rings (SSSR count). The zero-order chi connectivity index (χ0) is 21.8. The fourth-order valence-electron chi connectivity index (χ4n) is 3.73. The number of carbonyl (C=O) groups excluding carboxylic acids is 2. The number of methoxy groups -OCH3 is 1. The van der Waals surface area contributed by atoms with E-state index in [1.807, 2.05) is 36.4 Å². The lowest BCUT2D eigenvalue weighted by atomic mass is 10.00. The molecule has 2 aromatic rings. The fourth-order valence-corrected chi connectivity index (χ4v) is 4.81. The number of carbonyl (C=O) groups is 2. The van der Waals surface area contributed by atoms with Crippen LogP contribution in [0.1, 0.15) is 29.1 Å². The molecule has 7 nitrogen and oxygen atoms in total. The molecule has 2 fully saturated rings. The van der Waals surface area contributed by atoms with E-state index in [4.69, 9.17) is 23.7 Å². The van der Waals surface area contributed by atoms with Crippen molar-refractivity contribution in [3.8, 4) is 0 Å². The third kappa shape index (κ3) is 4.99. The highest BCUT2D eigenvalue weighted by atomic mass is 32.2. The van der Waals surface area contributed by atoms with Crippen LogP contribution in [0.3, 0.4) is 0 Å². The van der Waals surface area contributed by atoms with Gasteiger partial charge in [0.25, 0.3) is 0 Å². The van der Waals surface area contributed by atoms with Crippen molar-refractivity contribution >= 4 is 22.8 Å². The van der Waals surface area contributed by atoms with Crippen LogP contribution in [0.25, 0.3) is 0 Å². The van der Waals surface area contributed by atoms with E-state index in [1.165, 1.54) is 14.0 Å². The molecule has 0 spiro atoms. The summed E-state index contributed by atoms with van der Waals surface area (Å²) >= 11 is 1.07. The Balaban J connectivity index is 1.60. The maximum atomic E-state index is 12.8. The Morgan fingerprint density at radius 3 is 2.32 bits per heavy atom. The summed E-state index contributed by atoms with van der Waals surface area (Å²) in [4.78, 5) is 24.8. The first-order valence-corrected chi connectivity index (χ1v) is 10.9. The van der Waals surface area contributed by atoms with Crippen LogP contribution in [-0.2, 0) is 28.5 Å². The molecule has 164 valence electrons. The predicted molar refractivity (Wildman–Crippen MR) is 113 cm³/mol. The number of hydrogen-bond acceptors (Lipinski definition) is 8. The molecule has 0 aliphatic carbocycles. The van der Waals surface area contributed by atoms with Gasteiger partial charge in [0.2, 0.25) is 0 Å². The molecular formula is C23H24O7S. The van der Waals surface area contributed by atoms with Crippen molar-refractivity contribution in [1.82, 2.24) is 0 Å². The molecule has 2 aliphatic rings. The summed E-state index contributed by atoms with van der Waals surface area (Å²) in [6, 6.07) is 18.2. The minimum atomic E-state index is -0.855. The molecule has 0 saturated carbocycles. The van der Waals surface area contributed by atoms with Gasteiger partial charge in [-0.15, -0.1) is 0 Å². The van der Waals surface area contributed by atoms with Gasteiger partial charge in [0.05, 0.1) is 17.4 Å². The average molecular weight is 445 g/mol. The topological polar surface area (TPSA) is 80.3 Å². The standard InChI is InChI=1S/C23H24O7S/c1-14(24)31-20-18-17(13-27-22(30-18)16-11-7-4-8-12-16)28-23(26-2)19(20)29-21(25)15-9-5-3-6-10-15/h3-12,17-20,22-23H,13H2,1-2H3/t17-,18+,19-,20+,22-,23-/m1/s1. The molecule has 0 amide bonds. The van der Waals surface area contributed by atoms with E-state index >= 15 is 0 Å². The molecule has 0 bridgehead atoms. The molecule has 6 atom stereocenters. The summed E-state index contributed by atoms with van der Waals surface area (Å²) < 4.78 is 29.4. The molecule has 2 heterocycles. The lowest BCUT2D eigenvalue weighted by molar-refractivity contribution is -0.329. The van der Waals surface area contributed by atoms with Gasteiger partial charge in [-0.25, -0.2) is 4.79 Å². The van der Waals surface area contributed by atoms with Gasteiger partial charge in [0, 0.05) is 19.6 Å². The van der Waals surface area contributed by atoms with Crippen molar-refractivity contribution in [3.05, 3.63) is 71.8 Å². The summed E-state index contributed by atoms with van der Waals surface area (Å²) in [6.45, 7) is 1.74. The summed E-state index contributed by atoms with van der Waals surface area (Å²) in [5, 5.41) is -0.642. The van der Waals surface area contributed by atoms with E-state index in [9.17, 15) is 9.59 Å². The van der Waals surface area contributed by atoms with Gasteiger partial charge < -0.3 is 23.7 Å². The SMILES string of the molecule is CO[C@@H]1O[C@@H]2CO[C@@H](c3ccccc3)O[C@@H]2[C@H](SC(C)=O)[C@H]1OC(=O)c1ccccc1. The minimum Gasteiger partial charge on any atom is -0.452 e. The third-order valence-electron chi connectivity index (χ3n) is 5.14. The second-order valence-corrected chi connectivity index (χ2v) is 8.62. The number of esters is 1. The first-order chi connectivity index (χ1) is 15.1. The van der Waals surface area contributed by atoms with Crippen LogP contribution in [0, 0.1) is 0 Å². The van der Waals surface area contributed by atoms with Crippen molar-refractivity contribution in [2.45, 2.75) is 43.1 Å². The smallest absolute Gasteiger partial charge is 0.338 e. The molecule has 2 saturated heterocycles. The Labute approximate surface area is 185 Å². The summed E-state index contributed by atoms with van der Waals surface area (Å²) in [6.07, 6.45) is -3.31. The highest BCUT2D eigenvalue weighted by molar-refractivity contribution is 8.14. The van der Waals surface area contributed by atoms with Crippen molar-refractivity contribution in [3.63, 3.8) is 0 Å². The van der Waals surface area contributed by atoms with Crippen LogP contribution in [0.15, 0.2) is 60.7 Å². The van der Waals surface area contributed by atoms with Crippen molar-refractivity contribution in [2.24, 2.45) is 0 Å². The van der Waals surface area contributed by atoms with Crippen LogP contribution >= 0.6 is 11.8 Å². The van der Waals surface area contributed by atoms with E-state index in [-0.39, 0.29) is 11.7 Å². The van der Waals surface area contributed by atoms with Crippen LogP contribution in [0.4, 0.5) is 0 Å². The first-order valence-electron chi connectivity index (χ1n) is 10.0. The van der Waals surface area contributed by atoms with Crippen molar-refractivity contribution < 1.29 is 33.3 Å². The van der Waals surface area contributed by atoms with Crippen LogP contribution in [0.5, 0.6) is 0 Å². The van der Waals surface area contributed by atoms with Crippen molar-refractivity contribution in [1.29, 1.82) is 0 Å².